The van der Waals surface area contributed by atoms with Crippen LogP contribution in [0.15, 0.2) is 0 Å². The van der Waals surface area contributed by atoms with Crippen LogP contribution in [0.4, 0.5) is 74.6 Å². The van der Waals surface area contributed by atoms with E-state index in [0.717, 1.165) is 0 Å². The highest BCUT2D eigenvalue weighted by atomic mass is 19.4. The van der Waals surface area contributed by atoms with Crippen LogP contribution in [0.3, 0.4) is 0 Å². The second-order valence-electron chi connectivity index (χ2n) is 4.50. The summed E-state index contributed by atoms with van der Waals surface area (Å²) in [7, 11) is 0. The summed E-state index contributed by atoms with van der Waals surface area (Å²) >= 11 is 0. The Morgan fingerprint density at radius 2 is 0.778 bits per heavy atom. The van der Waals surface area contributed by atoms with Crippen LogP contribution in [0.2, 0.25) is 0 Å². The average Bonchev–Trinajstić information content (AvgIpc) is 2.45. The van der Waals surface area contributed by atoms with Crippen LogP contribution in [0, 0.1) is 18.5 Å². The fraction of sp³-hybridized carbons (Fsp3) is 0.700. The zero-order chi connectivity index (χ0) is 22.5. The molecule has 0 bridgehead atoms. The molecule has 0 atom stereocenters. The molecule has 0 rings (SSSR count). The predicted octanol–water partition coefficient (Wildman–Crippen LogP) is 5.79. The van der Waals surface area contributed by atoms with Gasteiger partial charge in [-0.2, -0.15) is 70.2 Å². The van der Waals surface area contributed by atoms with Crippen LogP contribution in [-0.2, 0) is 0 Å². The largest absolute Gasteiger partial charge is 0.390 e. The highest BCUT2D eigenvalue weighted by molar-refractivity contribution is 5.21. The zero-order valence-corrected chi connectivity index (χ0v) is 11.4. The summed E-state index contributed by atoms with van der Waals surface area (Å²) in [4.78, 5) is 0. The van der Waals surface area contributed by atoms with Crippen molar-refractivity contribution in [3.8, 4) is 12.1 Å². The van der Waals surface area contributed by atoms with Gasteiger partial charge in [0, 0.05) is 5.92 Å². The van der Waals surface area contributed by atoms with Crippen molar-refractivity contribution in [3.63, 3.8) is 0 Å². The molecular weight excluding hydrogens is 443 g/mol. The third-order valence-electron chi connectivity index (χ3n) is 2.81. The van der Waals surface area contributed by atoms with E-state index >= 15 is 0 Å². The van der Waals surface area contributed by atoms with Crippen LogP contribution < -0.4 is 0 Å². The minimum absolute atomic E-state index is 0.671. The molecule has 0 aliphatic carbocycles. The summed E-state index contributed by atoms with van der Waals surface area (Å²) in [6, 6.07) is 0. The third kappa shape index (κ3) is 3.13. The number of hydrogen-bond acceptors (Lipinski definition) is 0. The van der Waals surface area contributed by atoms with Crippen molar-refractivity contribution >= 4 is 0 Å². The van der Waals surface area contributed by atoms with Crippen LogP contribution in [0.5, 0.6) is 0 Å². The van der Waals surface area contributed by atoms with E-state index in [0.29, 0.717) is 0 Å². The van der Waals surface area contributed by atoms with Crippen LogP contribution >= 0.6 is 0 Å². The van der Waals surface area contributed by atoms with E-state index < -0.39 is 60.0 Å². The molecule has 17 heteroatoms. The molecule has 1 radical (unpaired) electrons. The van der Waals surface area contributed by atoms with E-state index in [1.807, 2.05) is 0 Å². The van der Waals surface area contributed by atoms with Gasteiger partial charge in [-0.3, -0.25) is 0 Å². The van der Waals surface area contributed by atoms with Gasteiger partial charge in [0.25, 0.3) is 0 Å². The Hall–Kier alpha value is -1.63. The van der Waals surface area contributed by atoms with E-state index in [1.54, 1.807) is 0 Å². The van der Waals surface area contributed by atoms with Crippen molar-refractivity contribution in [3.05, 3.63) is 6.43 Å². The van der Waals surface area contributed by atoms with E-state index in [4.69, 9.17) is 0 Å². The zero-order valence-electron chi connectivity index (χ0n) is 11.4. The molecule has 0 aliphatic heterocycles. The molecule has 0 spiro atoms. The van der Waals surface area contributed by atoms with Crippen molar-refractivity contribution in [1.82, 2.24) is 0 Å². The molecule has 0 nitrogen and oxygen atoms in total. The predicted molar refractivity (Wildman–Crippen MR) is 49.0 cm³/mol. The molecule has 0 unspecified atom stereocenters. The molecule has 0 N–H and O–H groups in total. The first-order chi connectivity index (χ1) is 11.5. The first-order valence-corrected chi connectivity index (χ1v) is 5.46. The van der Waals surface area contributed by atoms with Gasteiger partial charge >= 0.3 is 47.9 Å². The van der Waals surface area contributed by atoms with Gasteiger partial charge < -0.3 is 0 Å². The summed E-state index contributed by atoms with van der Waals surface area (Å²) in [6.45, 7) is 0. The van der Waals surface area contributed by atoms with Gasteiger partial charge in [0.1, 0.15) is 6.17 Å². The quantitative estimate of drug-likeness (QED) is 0.345. The smallest absolute Gasteiger partial charge is 0.192 e. The molecule has 0 saturated heterocycles. The summed E-state index contributed by atoms with van der Waals surface area (Å²) in [6.07, 6.45) is -5.69. The second-order valence-corrected chi connectivity index (χ2v) is 4.50. The number of hydrogen-bond donors (Lipinski definition) is 0. The van der Waals surface area contributed by atoms with E-state index in [9.17, 15) is 74.6 Å². The number of rotatable bonds is 7. The Balaban J connectivity index is 6.64. The van der Waals surface area contributed by atoms with Crippen molar-refractivity contribution < 1.29 is 74.6 Å². The summed E-state index contributed by atoms with van der Waals surface area (Å²) in [5.74, 6) is -56.6. The van der Waals surface area contributed by atoms with E-state index in [2.05, 4.69) is 0 Å². The molecule has 0 saturated carbocycles. The summed E-state index contributed by atoms with van der Waals surface area (Å²) < 4.78 is 214. The maximum absolute atomic E-state index is 13.0. The van der Waals surface area contributed by atoms with Gasteiger partial charge in [-0.1, -0.05) is 0 Å². The standard InChI is InChI=1S/C10F17/c11-2-1-4(14,15)6(18,19)8(22,23)10(26,27)9(24,25)7(20,21)5(16,17)3(12)13. The van der Waals surface area contributed by atoms with Crippen LogP contribution in [0.25, 0.3) is 0 Å². The fourth-order valence-electron chi connectivity index (χ4n) is 1.24. The fourth-order valence-corrected chi connectivity index (χ4v) is 1.24. The monoisotopic (exact) mass is 443 g/mol. The van der Waals surface area contributed by atoms with Crippen LogP contribution in [0.1, 0.15) is 0 Å². The molecule has 0 fully saturated rings. The minimum Gasteiger partial charge on any atom is -0.192 e. The van der Waals surface area contributed by atoms with Crippen molar-refractivity contribution in [2.45, 2.75) is 41.5 Å². The maximum atomic E-state index is 13.0. The minimum atomic E-state index is -8.51. The molecule has 0 aromatic heterocycles. The first-order valence-electron chi connectivity index (χ1n) is 5.46. The molecule has 159 valence electrons. The van der Waals surface area contributed by atoms with Gasteiger partial charge in [-0.05, 0) is 0 Å². The van der Waals surface area contributed by atoms with Crippen molar-refractivity contribution in [1.29, 1.82) is 0 Å². The Bertz CT molecular complexity index is 603. The van der Waals surface area contributed by atoms with Gasteiger partial charge in [-0.25, -0.2) is 0 Å². The van der Waals surface area contributed by atoms with Crippen molar-refractivity contribution in [2.75, 3.05) is 0 Å². The van der Waals surface area contributed by atoms with E-state index in [-0.39, 0.29) is 0 Å². The number of alkyl halides is 14. The highest BCUT2D eigenvalue weighted by Gasteiger charge is 2.93. The van der Waals surface area contributed by atoms with Gasteiger partial charge in [0.15, 0.2) is 0 Å². The lowest BCUT2D eigenvalue weighted by Gasteiger charge is -2.41. The molecule has 0 amide bonds. The maximum Gasteiger partial charge on any atom is 0.390 e. The average molecular weight is 443 g/mol. The molecule has 27 heavy (non-hydrogen) atoms. The lowest BCUT2D eigenvalue weighted by molar-refractivity contribution is -0.438. The van der Waals surface area contributed by atoms with Gasteiger partial charge in [-0.15, -0.1) is 4.39 Å². The second kappa shape index (κ2) is 6.47. The molecule has 0 aromatic rings. The first kappa shape index (κ1) is 25.4. The highest BCUT2D eigenvalue weighted by Crippen LogP contribution is 2.63. The topological polar surface area (TPSA) is 0 Å². The van der Waals surface area contributed by atoms with Crippen molar-refractivity contribution in [2.24, 2.45) is 0 Å². The number of halogens is 17. The SMILES string of the molecule is FC#CC(F)(F)C(F)(F)C(F)(F)C(F)(F)C(F)(F)C(F)(F)C(F)(F)[C](F)F. The van der Waals surface area contributed by atoms with Crippen LogP contribution in [-0.4, -0.2) is 41.5 Å². The van der Waals surface area contributed by atoms with E-state index in [1.165, 1.54) is 0 Å². The molecule has 0 aromatic carbocycles. The Morgan fingerprint density at radius 3 is 1.07 bits per heavy atom. The Kier molecular flexibility index (Phi) is 6.08. The molecular formula is C10F17. The molecule has 0 aliphatic rings. The summed E-state index contributed by atoms with van der Waals surface area (Å²) in [5, 5.41) is 0. The Morgan fingerprint density at radius 1 is 0.481 bits per heavy atom. The Labute approximate surface area is 136 Å². The lowest BCUT2D eigenvalue weighted by Crippen LogP contribution is -2.73. The van der Waals surface area contributed by atoms with Gasteiger partial charge in [0.05, 0.1) is 0 Å². The normalized spacial score (nSPS) is 15.6. The third-order valence-corrected chi connectivity index (χ3v) is 2.81. The summed E-state index contributed by atoms with van der Waals surface area (Å²) in [5.41, 5.74) is 0. The lowest BCUT2D eigenvalue weighted by atomic mass is 9.89. The van der Waals surface area contributed by atoms with Gasteiger partial charge in [0.2, 0.25) is 0 Å². The molecule has 0 heterocycles.